The highest BCUT2D eigenvalue weighted by molar-refractivity contribution is 9.10. The summed E-state index contributed by atoms with van der Waals surface area (Å²) < 4.78 is 34.4. The van der Waals surface area contributed by atoms with E-state index < -0.39 is 10.0 Å². The van der Waals surface area contributed by atoms with Gasteiger partial charge in [-0.2, -0.15) is 4.31 Å². The second-order valence-electron chi connectivity index (χ2n) is 6.43. The van der Waals surface area contributed by atoms with E-state index in [-0.39, 0.29) is 6.10 Å². The lowest BCUT2D eigenvalue weighted by Gasteiger charge is -2.20. The Bertz CT molecular complexity index is 859. The quantitative estimate of drug-likeness (QED) is 0.751. The van der Waals surface area contributed by atoms with Gasteiger partial charge < -0.3 is 4.74 Å². The van der Waals surface area contributed by atoms with Gasteiger partial charge in [0, 0.05) is 23.3 Å². The Hall–Kier alpha value is -1.44. The highest BCUT2D eigenvalue weighted by Gasteiger charge is 2.35. The van der Waals surface area contributed by atoms with Crippen LogP contribution in [0.2, 0.25) is 0 Å². The van der Waals surface area contributed by atoms with Gasteiger partial charge in [0.1, 0.15) is 6.10 Å². The summed E-state index contributed by atoms with van der Waals surface area (Å²) in [6.45, 7) is 6.47. The lowest BCUT2D eigenvalue weighted by atomic mass is 10.1. The van der Waals surface area contributed by atoms with Crippen molar-refractivity contribution in [2.45, 2.75) is 38.2 Å². The highest BCUT2D eigenvalue weighted by Crippen LogP contribution is 2.28. The zero-order valence-electron chi connectivity index (χ0n) is 14.5. The number of benzene rings is 1. The maximum atomic E-state index is 13.1. The fourth-order valence-corrected chi connectivity index (χ4v) is 5.45. The normalized spacial score (nSPS) is 18.5. The topological polar surface area (TPSA) is 59.5 Å². The van der Waals surface area contributed by atoms with Crippen molar-refractivity contribution in [3.8, 4) is 5.88 Å². The number of hydrogen-bond donors (Lipinski definition) is 0. The van der Waals surface area contributed by atoms with Crippen LogP contribution >= 0.6 is 15.9 Å². The summed E-state index contributed by atoms with van der Waals surface area (Å²) in [5.74, 6) is 0.509. The minimum atomic E-state index is -3.52. The number of nitrogens with zero attached hydrogens (tertiary/aromatic N) is 2. The third kappa shape index (κ3) is 3.88. The van der Waals surface area contributed by atoms with E-state index in [1.807, 2.05) is 39.0 Å². The molecular formula is C18H21BrN2O3S. The van der Waals surface area contributed by atoms with Crippen LogP contribution in [0.3, 0.4) is 0 Å². The molecule has 0 radical (unpaired) electrons. The van der Waals surface area contributed by atoms with E-state index in [0.717, 1.165) is 21.2 Å². The molecule has 7 heteroatoms. The van der Waals surface area contributed by atoms with E-state index in [1.165, 1.54) is 4.31 Å². The number of hydrogen-bond acceptors (Lipinski definition) is 4. The van der Waals surface area contributed by atoms with Crippen LogP contribution in [0, 0.1) is 20.8 Å². The second-order valence-corrected chi connectivity index (χ2v) is 9.22. The van der Waals surface area contributed by atoms with Crippen LogP contribution in [0.1, 0.15) is 23.1 Å². The molecule has 1 aromatic carbocycles. The summed E-state index contributed by atoms with van der Waals surface area (Å²) in [6.07, 6.45) is 2.13. The van der Waals surface area contributed by atoms with Crippen molar-refractivity contribution in [3.63, 3.8) is 0 Å². The van der Waals surface area contributed by atoms with Gasteiger partial charge in [-0.05, 0) is 60.3 Å². The SMILES string of the molecule is Cc1cc(C)c(S(=O)(=O)N2CCC(Oc3ccc(Br)cn3)C2)c(C)c1. The van der Waals surface area contributed by atoms with Crippen LogP contribution in [-0.4, -0.2) is 36.9 Å². The van der Waals surface area contributed by atoms with Crippen molar-refractivity contribution in [3.05, 3.63) is 51.6 Å². The Labute approximate surface area is 157 Å². The first-order chi connectivity index (χ1) is 11.8. The molecule has 2 aromatic rings. The fraction of sp³-hybridized carbons (Fsp3) is 0.389. The molecule has 0 spiro atoms. The van der Waals surface area contributed by atoms with E-state index in [4.69, 9.17) is 4.74 Å². The van der Waals surface area contributed by atoms with Crippen molar-refractivity contribution in [1.29, 1.82) is 0 Å². The molecule has 0 aliphatic carbocycles. The molecule has 25 heavy (non-hydrogen) atoms. The predicted octanol–water partition coefficient (Wildman–Crippen LogP) is 3.61. The van der Waals surface area contributed by atoms with Crippen molar-refractivity contribution in [1.82, 2.24) is 9.29 Å². The Balaban J connectivity index is 1.78. The summed E-state index contributed by atoms with van der Waals surface area (Å²) in [5.41, 5.74) is 2.64. The number of pyridine rings is 1. The average Bonchev–Trinajstić information content (AvgIpc) is 2.97. The molecule has 1 aromatic heterocycles. The van der Waals surface area contributed by atoms with Gasteiger partial charge in [0.25, 0.3) is 0 Å². The van der Waals surface area contributed by atoms with Crippen LogP contribution in [0.25, 0.3) is 0 Å². The molecule has 1 saturated heterocycles. The predicted molar refractivity (Wildman–Crippen MR) is 100 cm³/mol. The number of aryl methyl sites for hydroxylation is 3. The summed E-state index contributed by atoms with van der Waals surface area (Å²) in [5, 5.41) is 0. The second kappa shape index (κ2) is 7.05. The molecule has 0 amide bonds. The van der Waals surface area contributed by atoms with Gasteiger partial charge in [0.2, 0.25) is 15.9 Å². The van der Waals surface area contributed by atoms with E-state index in [1.54, 1.807) is 12.3 Å². The van der Waals surface area contributed by atoms with Crippen molar-refractivity contribution in [2.75, 3.05) is 13.1 Å². The highest BCUT2D eigenvalue weighted by atomic mass is 79.9. The van der Waals surface area contributed by atoms with E-state index >= 15 is 0 Å². The number of halogens is 1. The Morgan fingerprint density at radius 1 is 1.20 bits per heavy atom. The zero-order chi connectivity index (χ0) is 18.2. The number of aromatic nitrogens is 1. The van der Waals surface area contributed by atoms with E-state index in [9.17, 15) is 8.42 Å². The van der Waals surface area contributed by atoms with Gasteiger partial charge in [0.05, 0.1) is 11.4 Å². The van der Waals surface area contributed by atoms with Gasteiger partial charge in [-0.1, -0.05) is 17.7 Å². The molecule has 0 N–H and O–H groups in total. The van der Waals surface area contributed by atoms with Crippen LogP contribution in [-0.2, 0) is 10.0 Å². The number of ether oxygens (including phenoxy) is 1. The molecule has 1 atom stereocenters. The Morgan fingerprint density at radius 3 is 2.48 bits per heavy atom. The largest absolute Gasteiger partial charge is 0.473 e. The third-order valence-corrected chi connectivity index (χ3v) is 6.94. The first-order valence-corrected chi connectivity index (χ1v) is 10.4. The fourth-order valence-electron chi connectivity index (χ4n) is 3.32. The van der Waals surface area contributed by atoms with Gasteiger partial charge in [-0.3, -0.25) is 0 Å². The molecule has 1 aliphatic heterocycles. The lowest BCUT2D eigenvalue weighted by Crippen LogP contribution is -2.32. The average molecular weight is 425 g/mol. The van der Waals surface area contributed by atoms with Gasteiger partial charge in [0.15, 0.2) is 0 Å². The number of sulfonamides is 1. The van der Waals surface area contributed by atoms with Crippen LogP contribution in [0.15, 0.2) is 39.8 Å². The first-order valence-electron chi connectivity index (χ1n) is 8.13. The van der Waals surface area contributed by atoms with Crippen molar-refractivity contribution in [2.24, 2.45) is 0 Å². The summed E-state index contributed by atoms with van der Waals surface area (Å²) in [4.78, 5) is 4.61. The molecule has 1 fully saturated rings. The molecular weight excluding hydrogens is 404 g/mol. The van der Waals surface area contributed by atoms with Crippen LogP contribution in [0.4, 0.5) is 0 Å². The molecule has 1 aliphatic rings. The van der Waals surface area contributed by atoms with Gasteiger partial charge in [-0.25, -0.2) is 13.4 Å². The monoisotopic (exact) mass is 424 g/mol. The summed E-state index contributed by atoms with van der Waals surface area (Å²) in [6, 6.07) is 7.45. The minimum absolute atomic E-state index is 0.186. The van der Waals surface area contributed by atoms with Gasteiger partial charge in [-0.15, -0.1) is 0 Å². The molecule has 5 nitrogen and oxygen atoms in total. The molecule has 2 heterocycles. The van der Waals surface area contributed by atoms with Crippen LogP contribution in [0.5, 0.6) is 5.88 Å². The molecule has 1 unspecified atom stereocenters. The van der Waals surface area contributed by atoms with Crippen LogP contribution < -0.4 is 4.74 Å². The maximum Gasteiger partial charge on any atom is 0.243 e. The number of rotatable bonds is 4. The van der Waals surface area contributed by atoms with E-state index in [2.05, 4.69) is 20.9 Å². The summed E-state index contributed by atoms with van der Waals surface area (Å²) in [7, 11) is -3.52. The van der Waals surface area contributed by atoms with Crippen molar-refractivity contribution >= 4 is 26.0 Å². The smallest absolute Gasteiger partial charge is 0.243 e. The van der Waals surface area contributed by atoms with E-state index in [0.29, 0.717) is 30.3 Å². The standard InChI is InChI=1S/C18H21BrN2O3S/c1-12-8-13(2)18(14(3)9-12)25(22,23)21-7-6-16(11-21)24-17-5-4-15(19)10-20-17/h4-5,8-10,16H,6-7,11H2,1-3H3. The first kappa shape index (κ1) is 18.4. The van der Waals surface area contributed by atoms with Gasteiger partial charge >= 0.3 is 0 Å². The minimum Gasteiger partial charge on any atom is -0.473 e. The Kier molecular flexibility index (Phi) is 5.18. The third-order valence-electron chi connectivity index (χ3n) is 4.30. The molecule has 0 bridgehead atoms. The Morgan fingerprint density at radius 2 is 1.88 bits per heavy atom. The summed E-state index contributed by atoms with van der Waals surface area (Å²) >= 11 is 3.33. The zero-order valence-corrected chi connectivity index (χ0v) is 16.9. The maximum absolute atomic E-state index is 13.1. The molecule has 134 valence electrons. The lowest BCUT2D eigenvalue weighted by molar-refractivity contribution is 0.207. The van der Waals surface area contributed by atoms with Crippen molar-refractivity contribution < 1.29 is 13.2 Å². The molecule has 0 saturated carbocycles. The molecule has 3 rings (SSSR count).